The number of amides is 1. The zero-order chi connectivity index (χ0) is 22.8. The van der Waals surface area contributed by atoms with Crippen molar-refractivity contribution in [3.05, 3.63) is 40.5 Å². The summed E-state index contributed by atoms with van der Waals surface area (Å²) in [4.78, 5) is 25.5. The minimum absolute atomic E-state index is 0. The molecule has 6 nitrogen and oxygen atoms in total. The molecule has 1 aliphatic heterocycles. The first-order chi connectivity index (χ1) is 16.1. The van der Waals surface area contributed by atoms with E-state index in [1.165, 1.54) is 25.9 Å². The molecule has 1 saturated carbocycles. The van der Waals surface area contributed by atoms with Crippen molar-refractivity contribution in [3.63, 3.8) is 0 Å². The number of nitrogens with zero attached hydrogens (tertiary/aromatic N) is 3. The lowest BCUT2D eigenvalue weighted by molar-refractivity contribution is 0.0953. The van der Waals surface area contributed by atoms with Crippen molar-refractivity contribution in [1.29, 1.82) is 0 Å². The molecule has 2 N–H and O–H groups in total. The van der Waals surface area contributed by atoms with E-state index in [4.69, 9.17) is 4.98 Å². The summed E-state index contributed by atoms with van der Waals surface area (Å²) in [5.41, 5.74) is 1.60. The quantitative estimate of drug-likeness (QED) is 0.313. The molecule has 0 radical (unpaired) electrons. The van der Waals surface area contributed by atoms with Gasteiger partial charge in [-0.2, -0.15) is 0 Å². The summed E-state index contributed by atoms with van der Waals surface area (Å²) in [6, 6.07) is 8.35. The predicted octanol–water partition coefficient (Wildman–Crippen LogP) is 6.39. The van der Waals surface area contributed by atoms with Gasteiger partial charge in [0.2, 0.25) is 5.95 Å². The maximum atomic E-state index is 12.7. The van der Waals surface area contributed by atoms with Crippen molar-refractivity contribution in [1.82, 2.24) is 20.2 Å². The molecule has 0 spiro atoms. The van der Waals surface area contributed by atoms with Crippen LogP contribution in [0, 0.1) is 5.92 Å². The molecule has 0 atom stereocenters. The number of piperidine rings is 1. The number of benzene rings is 1. The number of rotatable bonds is 8. The Kier molecular flexibility index (Phi) is 10.2. The number of aromatic nitrogens is 2. The molecule has 2 aliphatic rings. The lowest BCUT2D eigenvalue weighted by atomic mass is 9.93. The third kappa shape index (κ3) is 6.86. The van der Waals surface area contributed by atoms with Crippen LogP contribution in [0.25, 0.3) is 20.7 Å². The second-order valence-corrected chi connectivity index (χ2v) is 11.0. The fourth-order valence-electron chi connectivity index (χ4n) is 4.47. The third-order valence-electron chi connectivity index (χ3n) is 6.69. The fraction of sp³-hybridized carbons (Fsp3) is 0.480. The van der Waals surface area contributed by atoms with Gasteiger partial charge in [0.1, 0.15) is 5.69 Å². The van der Waals surface area contributed by atoms with Gasteiger partial charge in [0, 0.05) is 34.4 Å². The summed E-state index contributed by atoms with van der Waals surface area (Å²) < 4.78 is 1.95. The van der Waals surface area contributed by atoms with Crippen LogP contribution < -0.4 is 10.6 Å². The number of thiophene rings is 1. The first-order valence-electron chi connectivity index (χ1n) is 11.9. The Morgan fingerprint density at radius 2 is 1.97 bits per heavy atom. The van der Waals surface area contributed by atoms with Gasteiger partial charge in [-0.15, -0.1) is 36.2 Å². The van der Waals surface area contributed by atoms with Gasteiger partial charge in [-0.25, -0.2) is 9.97 Å². The number of fused-ring (bicyclic) bond motifs is 1. The van der Waals surface area contributed by atoms with Crippen molar-refractivity contribution in [2.45, 2.75) is 45.1 Å². The van der Waals surface area contributed by atoms with E-state index in [1.807, 2.05) is 18.3 Å². The van der Waals surface area contributed by atoms with Crippen molar-refractivity contribution in [2.75, 3.05) is 31.5 Å². The molecule has 0 bridgehead atoms. The number of carbonyl (C=O) groups excluding carboxylic acids is 1. The molecule has 1 aliphatic carbocycles. The number of anilines is 1. The summed E-state index contributed by atoms with van der Waals surface area (Å²) in [6.07, 6.45) is 7.68. The number of hydrogen-bond acceptors (Lipinski definition) is 6. The summed E-state index contributed by atoms with van der Waals surface area (Å²) >= 11 is 5.28. The SMILES string of the molecule is CCN1CCC(CCNc2ncc(Br)c(-c3cc4c(C(=O)NC5CC5)cccc4s3)n2)CC1.Cl.Cl. The molecule has 1 saturated heterocycles. The van der Waals surface area contributed by atoms with Crippen LogP contribution in [-0.2, 0) is 0 Å². The van der Waals surface area contributed by atoms with Gasteiger partial charge in [0.15, 0.2) is 0 Å². The molecule has 2 fully saturated rings. The largest absolute Gasteiger partial charge is 0.354 e. The van der Waals surface area contributed by atoms with E-state index >= 15 is 0 Å². The second kappa shape index (κ2) is 12.7. The van der Waals surface area contributed by atoms with Crippen molar-refractivity contribution in [3.8, 4) is 10.6 Å². The van der Waals surface area contributed by atoms with Gasteiger partial charge < -0.3 is 15.5 Å². The van der Waals surface area contributed by atoms with Crippen molar-refractivity contribution >= 4 is 74.0 Å². The Hall–Kier alpha value is -1.45. The van der Waals surface area contributed by atoms with Gasteiger partial charge in [-0.1, -0.05) is 13.0 Å². The highest BCUT2D eigenvalue weighted by molar-refractivity contribution is 9.10. The Morgan fingerprint density at radius 1 is 1.20 bits per heavy atom. The number of halogens is 3. The van der Waals surface area contributed by atoms with Crippen LogP contribution in [0.3, 0.4) is 0 Å². The minimum Gasteiger partial charge on any atom is -0.354 e. The molecule has 1 amide bonds. The molecular weight excluding hydrogens is 569 g/mol. The summed E-state index contributed by atoms with van der Waals surface area (Å²) in [7, 11) is 0. The molecule has 190 valence electrons. The van der Waals surface area contributed by atoms with Gasteiger partial charge in [-0.05, 0) is 91.8 Å². The number of likely N-dealkylation sites (tertiary alicyclic amines) is 1. The fourth-order valence-corrected chi connectivity index (χ4v) is 6.10. The van der Waals surface area contributed by atoms with E-state index in [1.54, 1.807) is 11.3 Å². The first kappa shape index (κ1) is 28.1. The zero-order valence-corrected chi connectivity index (χ0v) is 23.8. The zero-order valence-electron chi connectivity index (χ0n) is 19.8. The lowest BCUT2D eigenvalue weighted by Crippen LogP contribution is -2.33. The van der Waals surface area contributed by atoms with Crippen LogP contribution in [0.4, 0.5) is 5.95 Å². The maximum absolute atomic E-state index is 12.7. The molecule has 10 heteroatoms. The average Bonchev–Trinajstić information content (AvgIpc) is 3.54. The predicted molar refractivity (Wildman–Crippen MR) is 153 cm³/mol. The van der Waals surface area contributed by atoms with E-state index < -0.39 is 0 Å². The molecule has 0 unspecified atom stereocenters. The third-order valence-corrected chi connectivity index (χ3v) is 8.37. The van der Waals surface area contributed by atoms with Gasteiger partial charge in [0.25, 0.3) is 5.91 Å². The van der Waals surface area contributed by atoms with E-state index in [0.29, 0.717) is 12.0 Å². The highest BCUT2D eigenvalue weighted by Gasteiger charge is 2.25. The molecule has 1 aromatic carbocycles. The molecule has 35 heavy (non-hydrogen) atoms. The summed E-state index contributed by atoms with van der Waals surface area (Å²) in [5, 5.41) is 7.52. The minimum atomic E-state index is 0. The van der Waals surface area contributed by atoms with E-state index in [-0.39, 0.29) is 30.7 Å². The molecule has 3 heterocycles. The Labute approximate surface area is 231 Å². The first-order valence-corrected chi connectivity index (χ1v) is 13.5. The molecule has 5 rings (SSSR count). The Bertz CT molecular complexity index is 1150. The van der Waals surface area contributed by atoms with Crippen LogP contribution in [0.1, 0.15) is 49.4 Å². The van der Waals surface area contributed by atoms with Crippen LogP contribution >= 0.6 is 52.1 Å². The van der Waals surface area contributed by atoms with Crippen LogP contribution in [0.5, 0.6) is 0 Å². The average molecular weight is 601 g/mol. The van der Waals surface area contributed by atoms with Gasteiger partial charge in [0.05, 0.1) is 9.35 Å². The van der Waals surface area contributed by atoms with Crippen LogP contribution in [0.2, 0.25) is 0 Å². The second-order valence-electron chi connectivity index (χ2n) is 9.06. The number of hydrogen-bond donors (Lipinski definition) is 2. The summed E-state index contributed by atoms with van der Waals surface area (Å²) in [5.74, 6) is 1.45. The topological polar surface area (TPSA) is 70.2 Å². The monoisotopic (exact) mass is 599 g/mol. The van der Waals surface area contributed by atoms with E-state index in [9.17, 15) is 4.79 Å². The Morgan fingerprint density at radius 3 is 2.69 bits per heavy atom. The number of nitrogens with one attached hydrogen (secondary N) is 2. The number of carbonyl (C=O) groups is 1. The van der Waals surface area contributed by atoms with E-state index in [2.05, 4.69) is 55.5 Å². The summed E-state index contributed by atoms with van der Waals surface area (Å²) in [6.45, 7) is 6.71. The van der Waals surface area contributed by atoms with Gasteiger partial charge in [-0.3, -0.25) is 4.79 Å². The van der Waals surface area contributed by atoms with Gasteiger partial charge >= 0.3 is 0 Å². The standard InChI is InChI=1S/C25H30BrN5OS.2ClH/c1-2-31-12-9-16(10-13-31)8-11-27-25-28-15-20(26)23(30-25)22-14-19-18(4-3-5-21(19)33-22)24(32)29-17-6-7-17;;/h3-5,14-17H,2,6-13H2,1H3,(H,29,32)(H,27,28,30);2*1H. The molecule has 2 aromatic heterocycles. The highest BCUT2D eigenvalue weighted by Crippen LogP contribution is 2.37. The maximum Gasteiger partial charge on any atom is 0.252 e. The van der Waals surface area contributed by atoms with Crippen LogP contribution in [0.15, 0.2) is 34.9 Å². The van der Waals surface area contributed by atoms with Crippen LogP contribution in [-0.4, -0.2) is 53.0 Å². The highest BCUT2D eigenvalue weighted by atomic mass is 79.9. The normalized spacial score (nSPS) is 16.4. The lowest BCUT2D eigenvalue weighted by Gasteiger charge is -2.31. The molecule has 3 aromatic rings. The smallest absolute Gasteiger partial charge is 0.252 e. The Balaban J connectivity index is 0.00000171. The van der Waals surface area contributed by atoms with E-state index in [0.717, 1.165) is 69.0 Å². The molecular formula is C25H32BrCl2N5OS. The van der Waals surface area contributed by atoms with Crippen molar-refractivity contribution in [2.24, 2.45) is 5.92 Å². The van der Waals surface area contributed by atoms with Crippen molar-refractivity contribution < 1.29 is 4.79 Å².